The molecular weight excluding hydrogens is 374 g/mol. The number of benzene rings is 1. The van der Waals surface area contributed by atoms with Crippen molar-refractivity contribution in [1.29, 1.82) is 0 Å². The van der Waals surface area contributed by atoms with Gasteiger partial charge in [-0.2, -0.15) is 0 Å². The first-order valence-electron chi connectivity index (χ1n) is 9.61. The summed E-state index contributed by atoms with van der Waals surface area (Å²) in [5.41, 5.74) is 4.33. The van der Waals surface area contributed by atoms with Gasteiger partial charge in [-0.05, 0) is 56.0 Å². The van der Waals surface area contributed by atoms with Crippen LogP contribution in [0.15, 0.2) is 24.3 Å². The van der Waals surface area contributed by atoms with Crippen molar-refractivity contribution < 1.29 is 14.3 Å². The molecule has 6 nitrogen and oxygen atoms in total. The number of nitrogens with one attached hydrogen (secondary N) is 1. The van der Waals surface area contributed by atoms with Crippen LogP contribution in [0.25, 0.3) is 0 Å². The van der Waals surface area contributed by atoms with Crippen LogP contribution >= 0.6 is 11.3 Å². The highest BCUT2D eigenvalue weighted by Gasteiger charge is 2.29. The normalized spacial score (nSPS) is 17.3. The first-order valence-corrected chi connectivity index (χ1v) is 10.4. The predicted molar refractivity (Wildman–Crippen MR) is 110 cm³/mol. The second-order valence-corrected chi connectivity index (χ2v) is 8.85. The monoisotopic (exact) mass is 399 g/mol. The van der Waals surface area contributed by atoms with Gasteiger partial charge in [-0.1, -0.05) is 12.1 Å². The topological polar surface area (TPSA) is 61.9 Å². The third kappa shape index (κ3) is 3.46. The van der Waals surface area contributed by atoms with E-state index in [4.69, 9.17) is 4.74 Å². The zero-order valence-corrected chi connectivity index (χ0v) is 17.3. The van der Waals surface area contributed by atoms with Crippen molar-refractivity contribution in [3.63, 3.8) is 0 Å². The molecule has 7 heteroatoms. The molecule has 2 aliphatic heterocycles. The molecule has 1 unspecified atom stereocenters. The molecule has 0 bridgehead atoms. The van der Waals surface area contributed by atoms with Gasteiger partial charge in [0, 0.05) is 22.8 Å². The Morgan fingerprint density at radius 1 is 1.29 bits per heavy atom. The van der Waals surface area contributed by atoms with Crippen LogP contribution in [0.4, 0.5) is 15.3 Å². The molecular formula is C21H25N3O3S. The van der Waals surface area contributed by atoms with Crippen molar-refractivity contribution in [2.75, 3.05) is 24.6 Å². The molecule has 1 N–H and O–H groups in total. The molecule has 0 radical (unpaired) electrons. The number of carbonyl (C=O) groups excluding carboxylic acids is 2. The van der Waals surface area contributed by atoms with Crippen LogP contribution < -0.4 is 10.2 Å². The number of cyclic esters (lactones) is 1. The van der Waals surface area contributed by atoms with E-state index < -0.39 is 0 Å². The van der Waals surface area contributed by atoms with Crippen LogP contribution in [0.1, 0.15) is 39.4 Å². The maximum Gasteiger partial charge on any atom is 0.414 e. The van der Waals surface area contributed by atoms with Gasteiger partial charge in [0.1, 0.15) is 6.61 Å². The molecule has 1 saturated heterocycles. The summed E-state index contributed by atoms with van der Waals surface area (Å²) < 4.78 is 5.08. The fourth-order valence-corrected chi connectivity index (χ4v) is 5.08. The lowest BCUT2D eigenvalue weighted by Crippen LogP contribution is -2.44. The van der Waals surface area contributed by atoms with E-state index in [9.17, 15) is 9.59 Å². The van der Waals surface area contributed by atoms with Crippen molar-refractivity contribution in [2.24, 2.45) is 0 Å². The number of ether oxygens (including phenoxy) is 1. The smallest absolute Gasteiger partial charge is 0.414 e. The van der Waals surface area contributed by atoms with Gasteiger partial charge in [-0.15, -0.1) is 11.3 Å². The van der Waals surface area contributed by atoms with Crippen molar-refractivity contribution in [3.05, 3.63) is 50.7 Å². The average molecular weight is 400 g/mol. The number of carbonyl (C=O) groups is 2. The minimum atomic E-state index is -0.288. The largest absolute Gasteiger partial charge is 0.447 e. The minimum Gasteiger partial charge on any atom is -0.447 e. The highest BCUT2D eigenvalue weighted by Crippen LogP contribution is 2.31. The quantitative estimate of drug-likeness (QED) is 0.843. The number of hydrogen-bond acceptors (Lipinski definition) is 4. The molecule has 2 aliphatic rings. The fraction of sp³-hybridized carbons (Fsp3) is 0.429. The highest BCUT2D eigenvalue weighted by molar-refractivity contribution is 7.12. The van der Waals surface area contributed by atoms with Crippen LogP contribution in [0.2, 0.25) is 0 Å². The number of hydrogen-bond donors (Lipinski definition) is 1. The van der Waals surface area contributed by atoms with Crippen LogP contribution in [-0.2, 0) is 17.7 Å². The molecule has 1 aromatic carbocycles. The van der Waals surface area contributed by atoms with Crippen LogP contribution in [0.3, 0.4) is 0 Å². The third-order valence-corrected chi connectivity index (χ3v) is 6.45. The summed E-state index contributed by atoms with van der Waals surface area (Å²) in [5.74, 6) is 0. The molecule has 0 saturated carbocycles. The van der Waals surface area contributed by atoms with E-state index in [0.29, 0.717) is 26.2 Å². The summed E-state index contributed by atoms with van der Waals surface area (Å²) >= 11 is 1.76. The van der Waals surface area contributed by atoms with Crippen LogP contribution in [0, 0.1) is 13.8 Å². The zero-order valence-electron chi connectivity index (χ0n) is 16.4. The van der Waals surface area contributed by atoms with E-state index in [0.717, 1.165) is 23.2 Å². The number of anilines is 1. The Labute approximate surface area is 169 Å². The minimum absolute atomic E-state index is 0.0236. The Morgan fingerprint density at radius 2 is 2.11 bits per heavy atom. The molecule has 28 heavy (non-hydrogen) atoms. The van der Waals surface area contributed by atoms with E-state index in [1.54, 1.807) is 16.2 Å². The van der Waals surface area contributed by atoms with Gasteiger partial charge in [0.15, 0.2) is 0 Å². The van der Waals surface area contributed by atoms with Gasteiger partial charge in [0.25, 0.3) is 0 Å². The Kier molecular flexibility index (Phi) is 5.02. The lowest BCUT2D eigenvalue weighted by atomic mass is 9.97. The van der Waals surface area contributed by atoms with Gasteiger partial charge >= 0.3 is 12.1 Å². The Balaban J connectivity index is 1.47. The number of aryl methyl sites for hydroxylation is 2. The average Bonchev–Trinajstić information content (AvgIpc) is 3.25. The molecule has 2 aromatic rings. The maximum absolute atomic E-state index is 12.8. The van der Waals surface area contributed by atoms with Gasteiger partial charge < -0.3 is 15.0 Å². The van der Waals surface area contributed by atoms with Gasteiger partial charge in [0.05, 0.1) is 18.3 Å². The molecule has 148 valence electrons. The molecule has 1 atom stereocenters. The summed E-state index contributed by atoms with van der Waals surface area (Å²) in [4.78, 5) is 30.8. The fourth-order valence-electron chi connectivity index (χ4n) is 4.06. The Morgan fingerprint density at radius 3 is 2.79 bits per heavy atom. The second kappa shape index (κ2) is 7.47. The van der Waals surface area contributed by atoms with Crippen molar-refractivity contribution in [3.8, 4) is 0 Å². The summed E-state index contributed by atoms with van der Waals surface area (Å²) in [6.07, 6.45) is 0.442. The standard InChI is InChI=1S/C21H25N3O3S/c1-13-11-18(15(3)28-13)14(2)22-20(25)23-8-7-17-16(12-23)5-4-6-19(17)24-9-10-27-21(24)26/h4-6,11,14H,7-10,12H2,1-3H3,(H,22,25). The van der Waals surface area contributed by atoms with Crippen molar-refractivity contribution in [1.82, 2.24) is 10.2 Å². The number of thiophene rings is 1. The van der Waals surface area contributed by atoms with E-state index in [-0.39, 0.29) is 18.2 Å². The lowest BCUT2D eigenvalue weighted by Gasteiger charge is -2.32. The Hall–Kier alpha value is -2.54. The van der Waals surface area contributed by atoms with E-state index in [1.165, 1.54) is 15.3 Å². The van der Waals surface area contributed by atoms with Crippen LogP contribution in [0.5, 0.6) is 0 Å². The number of amides is 3. The molecule has 3 heterocycles. The van der Waals surface area contributed by atoms with E-state index >= 15 is 0 Å². The molecule has 4 rings (SSSR count). The summed E-state index contributed by atoms with van der Waals surface area (Å²) in [7, 11) is 0. The number of fused-ring (bicyclic) bond motifs is 1. The predicted octanol–water partition coefficient (Wildman–Crippen LogP) is 4.15. The second-order valence-electron chi connectivity index (χ2n) is 7.39. The number of rotatable bonds is 3. The van der Waals surface area contributed by atoms with E-state index in [2.05, 4.69) is 25.2 Å². The summed E-state index contributed by atoms with van der Waals surface area (Å²) in [6.45, 7) is 8.40. The summed E-state index contributed by atoms with van der Waals surface area (Å²) in [6, 6.07) is 8.02. The zero-order chi connectivity index (χ0) is 19.8. The first-order chi connectivity index (χ1) is 13.4. The van der Waals surface area contributed by atoms with Crippen LogP contribution in [-0.4, -0.2) is 36.7 Å². The SMILES string of the molecule is Cc1cc(C(C)NC(=O)N2CCc3c(cccc3N3CCOC3=O)C2)c(C)s1. The van der Waals surface area contributed by atoms with Gasteiger partial charge in [0.2, 0.25) is 0 Å². The maximum atomic E-state index is 12.8. The third-order valence-electron chi connectivity index (χ3n) is 5.47. The molecule has 0 aliphatic carbocycles. The van der Waals surface area contributed by atoms with E-state index in [1.807, 2.05) is 30.0 Å². The first kappa shape index (κ1) is 18.8. The molecule has 1 aromatic heterocycles. The van der Waals surface area contributed by atoms with Gasteiger partial charge in [-0.3, -0.25) is 4.90 Å². The Bertz CT molecular complexity index is 924. The number of urea groups is 1. The molecule has 3 amide bonds. The molecule has 0 spiro atoms. The van der Waals surface area contributed by atoms with Crippen molar-refractivity contribution in [2.45, 2.75) is 39.8 Å². The highest BCUT2D eigenvalue weighted by atomic mass is 32.1. The molecule has 1 fully saturated rings. The van der Waals surface area contributed by atoms with Gasteiger partial charge in [-0.25, -0.2) is 9.59 Å². The summed E-state index contributed by atoms with van der Waals surface area (Å²) in [5, 5.41) is 3.14. The number of nitrogens with zero attached hydrogens (tertiary/aromatic N) is 2. The lowest BCUT2D eigenvalue weighted by molar-refractivity contribution is 0.180. The van der Waals surface area contributed by atoms with Crippen molar-refractivity contribution >= 4 is 29.1 Å².